The molecule has 0 aromatic rings. The summed E-state index contributed by atoms with van der Waals surface area (Å²) in [7, 11) is 0. The minimum absolute atomic E-state index is 0.0887. The molecule has 0 aromatic carbocycles. The van der Waals surface area contributed by atoms with Crippen LogP contribution in [0.2, 0.25) is 0 Å². The number of hydrogen-bond donors (Lipinski definition) is 1. The molecule has 4 heteroatoms. The van der Waals surface area contributed by atoms with Crippen LogP contribution in [0.3, 0.4) is 0 Å². The second-order valence-electron chi connectivity index (χ2n) is 2.13. The zero-order valence-electron chi connectivity index (χ0n) is 6.00. The highest BCUT2D eigenvalue weighted by Crippen LogP contribution is 2.39. The SMILES string of the molecule is CCC(C)OP(C)(O)=S. The van der Waals surface area contributed by atoms with Gasteiger partial charge in [-0.1, -0.05) is 6.92 Å². The van der Waals surface area contributed by atoms with E-state index in [2.05, 4.69) is 11.8 Å². The summed E-state index contributed by atoms with van der Waals surface area (Å²) >= 11 is 4.67. The van der Waals surface area contributed by atoms with Crippen LogP contribution in [0.1, 0.15) is 20.3 Å². The van der Waals surface area contributed by atoms with Gasteiger partial charge in [-0.15, -0.1) is 0 Å². The molecule has 0 aliphatic rings. The molecule has 1 N–H and O–H groups in total. The van der Waals surface area contributed by atoms with Crippen molar-refractivity contribution in [3.05, 3.63) is 0 Å². The largest absolute Gasteiger partial charge is 0.345 e. The first-order chi connectivity index (χ1) is 3.95. The van der Waals surface area contributed by atoms with E-state index in [4.69, 9.17) is 9.42 Å². The molecule has 0 bridgehead atoms. The average Bonchev–Trinajstić information content (AvgIpc) is 1.62. The molecular formula is C5H13O2PS. The minimum atomic E-state index is -2.41. The van der Waals surface area contributed by atoms with Gasteiger partial charge in [-0.2, -0.15) is 0 Å². The quantitative estimate of drug-likeness (QED) is 0.651. The lowest BCUT2D eigenvalue weighted by Crippen LogP contribution is -2.02. The van der Waals surface area contributed by atoms with Gasteiger partial charge in [0.1, 0.15) is 0 Å². The molecule has 0 fully saturated rings. The molecule has 0 rings (SSSR count). The van der Waals surface area contributed by atoms with Crippen LogP contribution in [-0.4, -0.2) is 17.7 Å². The van der Waals surface area contributed by atoms with E-state index in [-0.39, 0.29) is 6.10 Å². The lowest BCUT2D eigenvalue weighted by atomic mass is 10.3. The van der Waals surface area contributed by atoms with Crippen molar-refractivity contribution in [3.8, 4) is 0 Å². The molecule has 0 aliphatic heterocycles. The van der Waals surface area contributed by atoms with Gasteiger partial charge in [0.25, 0.3) is 0 Å². The molecule has 0 saturated carbocycles. The number of rotatable bonds is 3. The van der Waals surface area contributed by atoms with E-state index in [0.29, 0.717) is 0 Å². The first-order valence-corrected chi connectivity index (χ1v) is 6.06. The monoisotopic (exact) mass is 168 g/mol. The van der Waals surface area contributed by atoms with E-state index in [0.717, 1.165) is 6.42 Å². The Morgan fingerprint density at radius 3 is 2.33 bits per heavy atom. The van der Waals surface area contributed by atoms with Gasteiger partial charge in [0.15, 0.2) is 6.49 Å². The molecular weight excluding hydrogens is 155 g/mol. The lowest BCUT2D eigenvalue weighted by molar-refractivity contribution is 0.218. The van der Waals surface area contributed by atoms with Crippen LogP contribution in [0.5, 0.6) is 0 Å². The van der Waals surface area contributed by atoms with E-state index >= 15 is 0 Å². The van der Waals surface area contributed by atoms with Gasteiger partial charge in [0, 0.05) is 6.66 Å². The third kappa shape index (κ3) is 6.46. The Kier molecular flexibility index (Phi) is 3.90. The normalized spacial score (nSPS) is 20.9. The van der Waals surface area contributed by atoms with Crippen LogP contribution in [0.4, 0.5) is 0 Å². The van der Waals surface area contributed by atoms with Gasteiger partial charge in [-0.05, 0) is 25.2 Å². The summed E-state index contributed by atoms with van der Waals surface area (Å²) < 4.78 is 5.07. The van der Waals surface area contributed by atoms with Crippen LogP contribution in [-0.2, 0) is 16.3 Å². The highest BCUT2D eigenvalue weighted by atomic mass is 32.5. The standard InChI is InChI=1S/C5H13O2PS/c1-4-5(2)7-8(3,6)9/h5H,4H2,1-3H3,(H,6,9). The van der Waals surface area contributed by atoms with Crippen molar-refractivity contribution in [1.29, 1.82) is 0 Å². The van der Waals surface area contributed by atoms with E-state index in [1.165, 1.54) is 0 Å². The Morgan fingerprint density at radius 1 is 1.78 bits per heavy atom. The molecule has 2 nitrogen and oxygen atoms in total. The van der Waals surface area contributed by atoms with Crippen LogP contribution >= 0.6 is 6.49 Å². The molecule has 9 heavy (non-hydrogen) atoms. The summed E-state index contributed by atoms with van der Waals surface area (Å²) in [6.45, 7) is 3.06. The van der Waals surface area contributed by atoms with E-state index in [1.54, 1.807) is 6.66 Å². The molecule has 0 radical (unpaired) electrons. The molecule has 2 unspecified atom stereocenters. The van der Waals surface area contributed by atoms with Gasteiger partial charge in [-0.3, -0.25) is 0 Å². The van der Waals surface area contributed by atoms with Crippen LogP contribution in [0.25, 0.3) is 0 Å². The van der Waals surface area contributed by atoms with Crippen molar-refractivity contribution < 1.29 is 9.42 Å². The van der Waals surface area contributed by atoms with Gasteiger partial charge < -0.3 is 9.42 Å². The van der Waals surface area contributed by atoms with Crippen molar-refractivity contribution >= 4 is 18.3 Å². The Bertz CT molecular complexity index is 120. The Hall–Kier alpha value is 0.570. The van der Waals surface area contributed by atoms with Gasteiger partial charge in [-0.25, -0.2) is 0 Å². The first kappa shape index (κ1) is 9.57. The van der Waals surface area contributed by atoms with E-state index < -0.39 is 6.49 Å². The minimum Gasteiger partial charge on any atom is -0.345 e. The first-order valence-electron chi connectivity index (χ1n) is 2.94. The van der Waals surface area contributed by atoms with Crippen LogP contribution < -0.4 is 0 Å². The van der Waals surface area contributed by atoms with Crippen molar-refractivity contribution in [1.82, 2.24) is 0 Å². The molecule has 0 aromatic heterocycles. The highest BCUT2D eigenvalue weighted by molar-refractivity contribution is 8.09. The fourth-order valence-corrected chi connectivity index (χ4v) is 1.67. The van der Waals surface area contributed by atoms with Gasteiger partial charge >= 0.3 is 0 Å². The molecule has 0 amide bonds. The van der Waals surface area contributed by atoms with Crippen molar-refractivity contribution in [2.45, 2.75) is 26.4 Å². The van der Waals surface area contributed by atoms with Crippen LogP contribution in [0.15, 0.2) is 0 Å². The maximum absolute atomic E-state index is 9.02. The maximum Gasteiger partial charge on any atom is 0.183 e. The van der Waals surface area contributed by atoms with Crippen molar-refractivity contribution in [2.75, 3.05) is 6.66 Å². The predicted molar refractivity (Wildman–Crippen MR) is 43.3 cm³/mol. The second-order valence-corrected chi connectivity index (χ2v) is 5.98. The fraction of sp³-hybridized carbons (Fsp3) is 1.00. The summed E-state index contributed by atoms with van der Waals surface area (Å²) in [4.78, 5) is 9.02. The Balaban J connectivity index is 3.60. The maximum atomic E-state index is 9.02. The van der Waals surface area contributed by atoms with E-state index in [9.17, 15) is 0 Å². The third-order valence-electron chi connectivity index (χ3n) is 0.950. The fourth-order valence-electron chi connectivity index (χ4n) is 0.408. The predicted octanol–water partition coefficient (Wildman–Crippen LogP) is 1.73. The van der Waals surface area contributed by atoms with Crippen molar-refractivity contribution in [2.24, 2.45) is 0 Å². The zero-order valence-corrected chi connectivity index (χ0v) is 7.71. The second kappa shape index (κ2) is 3.67. The summed E-state index contributed by atoms with van der Waals surface area (Å²) in [5.41, 5.74) is 0. The van der Waals surface area contributed by atoms with Gasteiger partial charge in [0.2, 0.25) is 0 Å². The summed E-state index contributed by atoms with van der Waals surface area (Å²) in [6, 6.07) is 0. The highest BCUT2D eigenvalue weighted by Gasteiger charge is 2.08. The summed E-state index contributed by atoms with van der Waals surface area (Å²) in [5.74, 6) is 0. The Labute approximate surface area is 61.4 Å². The summed E-state index contributed by atoms with van der Waals surface area (Å²) in [6.07, 6.45) is 0.984. The Morgan fingerprint density at radius 2 is 2.22 bits per heavy atom. The molecule has 2 atom stereocenters. The molecule has 56 valence electrons. The molecule has 0 saturated heterocycles. The number of hydrogen-bond acceptors (Lipinski definition) is 2. The van der Waals surface area contributed by atoms with Crippen LogP contribution in [0, 0.1) is 0 Å². The zero-order chi connectivity index (χ0) is 7.49. The van der Waals surface area contributed by atoms with Gasteiger partial charge in [0.05, 0.1) is 6.10 Å². The molecule has 0 spiro atoms. The molecule has 0 aliphatic carbocycles. The van der Waals surface area contributed by atoms with E-state index in [1.807, 2.05) is 13.8 Å². The lowest BCUT2D eigenvalue weighted by Gasteiger charge is -2.15. The topological polar surface area (TPSA) is 29.5 Å². The third-order valence-corrected chi connectivity index (χ3v) is 1.96. The molecule has 0 heterocycles. The summed E-state index contributed by atoms with van der Waals surface area (Å²) in [5, 5.41) is 0. The average molecular weight is 168 g/mol. The van der Waals surface area contributed by atoms with Crippen molar-refractivity contribution in [3.63, 3.8) is 0 Å². The smallest absolute Gasteiger partial charge is 0.183 e.